The summed E-state index contributed by atoms with van der Waals surface area (Å²) < 4.78 is 0. The van der Waals surface area contributed by atoms with Crippen molar-refractivity contribution < 1.29 is 9.90 Å². The number of carbonyl (C=O) groups is 1. The van der Waals surface area contributed by atoms with Crippen LogP contribution >= 0.6 is 0 Å². The van der Waals surface area contributed by atoms with Gasteiger partial charge in [0.1, 0.15) is 12.1 Å². The summed E-state index contributed by atoms with van der Waals surface area (Å²) >= 11 is 0. The second kappa shape index (κ2) is 6.08. The summed E-state index contributed by atoms with van der Waals surface area (Å²) in [5.41, 5.74) is 0.885. The molecule has 5 heteroatoms. The summed E-state index contributed by atoms with van der Waals surface area (Å²) in [6, 6.07) is 7.53. The van der Waals surface area contributed by atoms with Crippen LogP contribution < -0.4 is 5.32 Å². The summed E-state index contributed by atoms with van der Waals surface area (Å²) in [7, 11) is 0. The van der Waals surface area contributed by atoms with Crippen molar-refractivity contribution in [1.29, 1.82) is 0 Å². The molecule has 5 nitrogen and oxygen atoms in total. The van der Waals surface area contributed by atoms with E-state index in [2.05, 4.69) is 36.1 Å². The van der Waals surface area contributed by atoms with Gasteiger partial charge in [0.05, 0.1) is 11.9 Å². The average Bonchev–Trinajstić information content (AvgIpc) is 2.36. The van der Waals surface area contributed by atoms with Crippen LogP contribution in [0.5, 0.6) is 0 Å². The molecule has 0 fully saturated rings. The van der Waals surface area contributed by atoms with Crippen molar-refractivity contribution in [2.75, 3.05) is 5.32 Å². The molecule has 0 amide bonds. The zero-order valence-corrected chi connectivity index (χ0v) is 12.6. The Morgan fingerprint density at radius 1 is 1.29 bits per heavy atom. The summed E-state index contributed by atoms with van der Waals surface area (Å²) in [5.74, 6) is -0.119. The molecule has 2 N–H and O–H groups in total. The molecule has 0 spiro atoms. The quantitative estimate of drug-likeness (QED) is 0.882. The molecule has 0 saturated carbocycles. The van der Waals surface area contributed by atoms with E-state index < -0.39 is 5.97 Å². The first-order valence-electron chi connectivity index (χ1n) is 7.03. The Balaban J connectivity index is 2.27. The number of nitrogens with one attached hydrogen (secondary N) is 1. The Hall–Kier alpha value is -2.17. The molecule has 1 aromatic heterocycles. The van der Waals surface area contributed by atoms with E-state index in [1.54, 1.807) is 0 Å². The minimum Gasteiger partial charge on any atom is -0.481 e. The second-order valence-corrected chi connectivity index (χ2v) is 6.44. The third kappa shape index (κ3) is 4.41. The third-order valence-corrected chi connectivity index (χ3v) is 3.16. The van der Waals surface area contributed by atoms with Crippen LogP contribution in [0.1, 0.15) is 33.6 Å². The number of fused-ring (bicyclic) bond motifs is 1. The molecule has 1 atom stereocenters. The van der Waals surface area contributed by atoms with Gasteiger partial charge < -0.3 is 10.4 Å². The van der Waals surface area contributed by atoms with E-state index in [1.807, 2.05) is 24.3 Å². The van der Waals surface area contributed by atoms with Crippen LogP contribution in [0.25, 0.3) is 10.9 Å². The summed E-state index contributed by atoms with van der Waals surface area (Å²) in [4.78, 5) is 19.6. The topological polar surface area (TPSA) is 75.1 Å². The van der Waals surface area contributed by atoms with E-state index >= 15 is 0 Å². The fourth-order valence-electron chi connectivity index (χ4n) is 2.44. The van der Waals surface area contributed by atoms with Gasteiger partial charge in [-0.15, -0.1) is 0 Å². The van der Waals surface area contributed by atoms with Crippen LogP contribution in [0.2, 0.25) is 0 Å². The monoisotopic (exact) mass is 287 g/mol. The third-order valence-electron chi connectivity index (χ3n) is 3.16. The first-order valence-corrected chi connectivity index (χ1v) is 7.03. The Bertz CT molecular complexity index is 629. The van der Waals surface area contributed by atoms with Crippen molar-refractivity contribution in [3.8, 4) is 0 Å². The predicted octanol–water partition coefficient (Wildman–Crippen LogP) is 3.32. The van der Waals surface area contributed by atoms with Crippen LogP contribution in [0.3, 0.4) is 0 Å². The minimum atomic E-state index is -0.810. The van der Waals surface area contributed by atoms with E-state index in [0.717, 1.165) is 17.3 Å². The first kappa shape index (κ1) is 15.2. The Labute approximate surface area is 124 Å². The van der Waals surface area contributed by atoms with E-state index in [9.17, 15) is 4.79 Å². The number of aliphatic carboxylic acids is 1. The van der Waals surface area contributed by atoms with Crippen molar-refractivity contribution in [2.24, 2.45) is 5.41 Å². The van der Waals surface area contributed by atoms with Gasteiger partial charge in [-0.3, -0.25) is 4.79 Å². The minimum absolute atomic E-state index is 0.0376. The highest BCUT2D eigenvalue weighted by Crippen LogP contribution is 2.26. The van der Waals surface area contributed by atoms with Gasteiger partial charge in [0.25, 0.3) is 0 Å². The van der Waals surface area contributed by atoms with Gasteiger partial charge in [0.2, 0.25) is 0 Å². The van der Waals surface area contributed by atoms with Gasteiger partial charge in [0.15, 0.2) is 0 Å². The predicted molar refractivity (Wildman–Crippen MR) is 83.3 cm³/mol. The smallest absolute Gasteiger partial charge is 0.305 e. The SMILES string of the molecule is CC(C)(C)CC(CC(=O)O)Nc1ncnc2ccccc12. The van der Waals surface area contributed by atoms with Crippen molar-refractivity contribution in [3.63, 3.8) is 0 Å². The normalized spacial score (nSPS) is 13.1. The number of aromatic nitrogens is 2. The largest absolute Gasteiger partial charge is 0.481 e. The van der Waals surface area contributed by atoms with Crippen LogP contribution in [0.15, 0.2) is 30.6 Å². The number of rotatable bonds is 5. The van der Waals surface area contributed by atoms with Crippen molar-refractivity contribution in [3.05, 3.63) is 30.6 Å². The van der Waals surface area contributed by atoms with Crippen molar-refractivity contribution >= 4 is 22.7 Å². The van der Waals surface area contributed by atoms with E-state index in [-0.39, 0.29) is 17.9 Å². The lowest BCUT2D eigenvalue weighted by Crippen LogP contribution is -2.28. The highest BCUT2D eigenvalue weighted by molar-refractivity contribution is 5.88. The molecule has 1 unspecified atom stereocenters. The maximum atomic E-state index is 11.1. The number of anilines is 1. The zero-order valence-electron chi connectivity index (χ0n) is 12.6. The van der Waals surface area contributed by atoms with Crippen LogP contribution in [-0.2, 0) is 4.79 Å². The van der Waals surface area contributed by atoms with Gasteiger partial charge >= 0.3 is 5.97 Å². The number of benzene rings is 1. The van der Waals surface area contributed by atoms with Crippen LogP contribution in [0.4, 0.5) is 5.82 Å². The molecular formula is C16H21N3O2. The molecule has 21 heavy (non-hydrogen) atoms. The number of carboxylic acids is 1. The average molecular weight is 287 g/mol. The highest BCUT2D eigenvalue weighted by atomic mass is 16.4. The van der Waals surface area contributed by atoms with Crippen LogP contribution in [0, 0.1) is 5.41 Å². The number of carboxylic acid groups (broad SMARTS) is 1. The van der Waals surface area contributed by atoms with E-state index in [0.29, 0.717) is 5.82 Å². The van der Waals surface area contributed by atoms with Gasteiger partial charge in [-0.05, 0) is 24.0 Å². The van der Waals surface area contributed by atoms with Gasteiger partial charge in [-0.1, -0.05) is 32.9 Å². The molecule has 0 aliphatic rings. The fourth-order valence-corrected chi connectivity index (χ4v) is 2.44. The Morgan fingerprint density at radius 2 is 2.00 bits per heavy atom. The molecule has 0 bridgehead atoms. The molecule has 0 radical (unpaired) electrons. The lowest BCUT2D eigenvalue weighted by Gasteiger charge is -2.26. The molecule has 2 rings (SSSR count). The first-order chi connectivity index (χ1) is 9.85. The maximum absolute atomic E-state index is 11.1. The van der Waals surface area contributed by atoms with Gasteiger partial charge in [-0.2, -0.15) is 0 Å². The molecule has 2 aromatic rings. The van der Waals surface area contributed by atoms with E-state index in [1.165, 1.54) is 6.33 Å². The molecule has 1 heterocycles. The molecular weight excluding hydrogens is 266 g/mol. The summed E-state index contributed by atoms with van der Waals surface area (Å²) in [6.45, 7) is 6.30. The van der Waals surface area contributed by atoms with Gasteiger partial charge in [-0.25, -0.2) is 9.97 Å². The van der Waals surface area contributed by atoms with Gasteiger partial charge in [0, 0.05) is 11.4 Å². The second-order valence-electron chi connectivity index (χ2n) is 6.44. The number of para-hydroxylation sites is 1. The molecule has 0 aliphatic carbocycles. The van der Waals surface area contributed by atoms with Crippen molar-refractivity contribution in [1.82, 2.24) is 9.97 Å². The summed E-state index contributed by atoms with van der Waals surface area (Å²) in [5, 5.41) is 13.3. The number of hydrogen-bond acceptors (Lipinski definition) is 4. The molecule has 0 aliphatic heterocycles. The summed E-state index contributed by atoms with van der Waals surface area (Å²) in [6.07, 6.45) is 2.31. The molecule has 1 aromatic carbocycles. The lowest BCUT2D eigenvalue weighted by molar-refractivity contribution is -0.137. The number of nitrogens with zero attached hydrogens (tertiary/aromatic N) is 2. The number of hydrogen-bond donors (Lipinski definition) is 2. The maximum Gasteiger partial charge on any atom is 0.305 e. The van der Waals surface area contributed by atoms with E-state index in [4.69, 9.17) is 5.11 Å². The fraction of sp³-hybridized carbons (Fsp3) is 0.438. The standard InChI is InChI=1S/C16H21N3O2/c1-16(2,3)9-11(8-14(20)21)19-15-12-6-4-5-7-13(12)17-10-18-15/h4-7,10-11H,8-9H2,1-3H3,(H,20,21)(H,17,18,19). The van der Waals surface area contributed by atoms with Crippen molar-refractivity contribution in [2.45, 2.75) is 39.7 Å². The Morgan fingerprint density at radius 3 is 2.67 bits per heavy atom. The van der Waals surface area contributed by atoms with Crippen LogP contribution in [-0.4, -0.2) is 27.1 Å². The Kier molecular flexibility index (Phi) is 4.40. The molecule has 112 valence electrons. The lowest BCUT2D eigenvalue weighted by atomic mass is 9.87. The molecule has 0 saturated heterocycles. The zero-order chi connectivity index (χ0) is 15.5. The highest BCUT2D eigenvalue weighted by Gasteiger charge is 2.22.